The molecule has 2 aromatic carbocycles. The van der Waals surface area contributed by atoms with Gasteiger partial charge in [-0.3, -0.25) is 0 Å². The molecule has 0 fully saturated rings. The molecule has 0 atom stereocenters. The molecule has 2 nitrogen and oxygen atoms in total. The monoisotopic (exact) mass is 284 g/mol. The Balaban J connectivity index is 2.06. The first-order chi connectivity index (χ1) is 9.58. The summed E-state index contributed by atoms with van der Waals surface area (Å²) in [5, 5.41) is 3.46. The Labute approximate surface area is 126 Å². The van der Waals surface area contributed by atoms with Crippen molar-refractivity contribution in [3.63, 3.8) is 0 Å². The number of aryl methyl sites for hydroxylation is 2. The number of rotatable bonds is 5. The van der Waals surface area contributed by atoms with Crippen LogP contribution >= 0.6 is 12.2 Å². The Morgan fingerprint density at radius 2 is 1.90 bits per heavy atom. The van der Waals surface area contributed by atoms with Gasteiger partial charge in [-0.1, -0.05) is 54.2 Å². The molecule has 0 unspecified atom stereocenters. The van der Waals surface area contributed by atoms with Gasteiger partial charge in [0.25, 0.3) is 0 Å². The lowest BCUT2D eigenvalue weighted by Gasteiger charge is -2.14. The highest BCUT2D eigenvalue weighted by atomic mass is 32.1. The van der Waals surface area contributed by atoms with Crippen LogP contribution in [0.1, 0.15) is 22.3 Å². The summed E-state index contributed by atoms with van der Waals surface area (Å²) in [5.74, 6) is 0. The van der Waals surface area contributed by atoms with Crippen LogP contribution in [0.4, 0.5) is 5.69 Å². The van der Waals surface area contributed by atoms with Crippen molar-refractivity contribution >= 4 is 22.9 Å². The van der Waals surface area contributed by atoms with E-state index in [2.05, 4.69) is 49.5 Å². The third kappa shape index (κ3) is 3.58. The van der Waals surface area contributed by atoms with E-state index in [-0.39, 0.29) is 0 Å². The molecule has 0 aliphatic carbocycles. The normalized spacial score (nSPS) is 10.3. The van der Waals surface area contributed by atoms with Crippen LogP contribution in [-0.4, -0.2) is 11.5 Å². The van der Waals surface area contributed by atoms with Crippen LogP contribution in [-0.2, 0) is 6.42 Å². The van der Waals surface area contributed by atoms with Crippen LogP contribution in [0.3, 0.4) is 0 Å². The molecule has 0 heterocycles. The number of benzene rings is 2. The number of nitrogens with one attached hydrogen (secondary N) is 1. The predicted molar refractivity (Wildman–Crippen MR) is 90.4 cm³/mol. The van der Waals surface area contributed by atoms with Crippen molar-refractivity contribution in [1.82, 2.24) is 0 Å². The highest BCUT2D eigenvalue weighted by Gasteiger charge is 2.07. The van der Waals surface area contributed by atoms with E-state index in [1.807, 2.05) is 12.1 Å². The van der Waals surface area contributed by atoms with Gasteiger partial charge in [-0.05, 0) is 37.5 Å². The average molecular weight is 284 g/mol. The standard InChI is InChI=1S/C17H20N2S/c1-12-5-3-7-14(11-12)9-10-19-16-13(2)6-4-8-15(16)17(18)20/h3-8,11,19H,9-10H2,1-2H3,(H2,18,20). The summed E-state index contributed by atoms with van der Waals surface area (Å²) in [6.07, 6.45) is 0.979. The molecule has 2 rings (SSSR count). The summed E-state index contributed by atoms with van der Waals surface area (Å²) in [6, 6.07) is 14.6. The van der Waals surface area contributed by atoms with E-state index in [0.29, 0.717) is 4.99 Å². The Morgan fingerprint density at radius 1 is 1.15 bits per heavy atom. The predicted octanol–water partition coefficient (Wildman–Crippen LogP) is 3.59. The van der Waals surface area contributed by atoms with Crippen LogP contribution in [0.15, 0.2) is 42.5 Å². The van der Waals surface area contributed by atoms with E-state index < -0.39 is 0 Å². The minimum absolute atomic E-state index is 0.437. The summed E-state index contributed by atoms with van der Waals surface area (Å²) in [6.45, 7) is 5.05. The Morgan fingerprint density at radius 3 is 2.60 bits per heavy atom. The van der Waals surface area contributed by atoms with Crippen LogP contribution in [0.2, 0.25) is 0 Å². The smallest absolute Gasteiger partial charge is 0.106 e. The van der Waals surface area contributed by atoms with E-state index in [1.165, 1.54) is 16.7 Å². The van der Waals surface area contributed by atoms with Crippen LogP contribution in [0.25, 0.3) is 0 Å². The van der Waals surface area contributed by atoms with Gasteiger partial charge in [-0.15, -0.1) is 0 Å². The highest BCUT2D eigenvalue weighted by molar-refractivity contribution is 7.80. The topological polar surface area (TPSA) is 38.0 Å². The third-order valence-corrected chi connectivity index (χ3v) is 3.56. The fourth-order valence-electron chi connectivity index (χ4n) is 2.31. The van der Waals surface area contributed by atoms with Crippen molar-refractivity contribution in [2.75, 3.05) is 11.9 Å². The van der Waals surface area contributed by atoms with E-state index in [0.717, 1.165) is 24.2 Å². The van der Waals surface area contributed by atoms with Gasteiger partial charge < -0.3 is 11.1 Å². The SMILES string of the molecule is Cc1cccc(CCNc2c(C)cccc2C(N)=S)c1. The van der Waals surface area contributed by atoms with Gasteiger partial charge in [-0.25, -0.2) is 0 Å². The largest absolute Gasteiger partial charge is 0.389 e. The number of hydrogen-bond donors (Lipinski definition) is 2. The second-order valence-corrected chi connectivity index (χ2v) is 5.47. The fraction of sp³-hybridized carbons (Fsp3) is 0.235. The molecule has 0 radical (unpaired) electrons. The van der Waals surface area contributed by atoms with E-state index >= 15 is 0 Å². The average Bonchev–Trinajstić information content (AvgIpc) is 2.40. The summed E-state index contributed by atoms with van der Waals surface area (Å²) in [4.78, 5) is 0.437. The molecule has 3 heteroatoms. The number of nitrogens with two attached hydrogens (primary N) is 1. The summed E-state index contributed by atoms with van der Waals surface area (Å²) < 4.78 is 0. The van der Waals surface area contributed by atoms with Gasteiger partial charge in [-0.2, -0.15) is 0 Å². The second-order valence-electron chi connectivity index (χ2n) is 5.03. The van der Waals surface area contributed by atoms with Crippen molar-refractivity contribution in [1.29, 1.82) is 0 Å². The Kier molecular flexibility index (Phi) is 4.74. The molecule has 3 N–H and O–H groups in total. The lowest BCUT2D eigenvalue weighted by atomic mass is 10.1. The maximum absolute atomic E-state index is 5.78. The quantitative estimate of drug-likeness (QED) is 0.824. The Bertz CT molecular complexity index is 620. The minimum Gasteiger partial charge on any atom is -0.389 e. The van der Waals surface area contributed by atoms with E-state index in [1.54, 1.807) is 0 Å². The molecule has 0 saturated carbocycles. The molecule has 104 valence electrons. The number of anilines is 1. The van der Waals surface area contributed by atoms with Crippen molar-refractivity contribution < 1.29 is 0 Å². The number of para-hydroxylation sites is 1. The van der Waals surface area contributed by atoms with Crippen LogP contribution in [0.5, 0.6) is 0 Å². The zero-order valence-electron chi connectivity index (χ0n) is 11.9. The van der Waals surface area contributed by atoms with Gasteiger partial charge in [0.2, 0.25) is 0 Å². The lowest BCUT2D eigenvalue weighted by molar-refractivity contribution is 1.01. The summed E-state index contributed by atoms with van der Waals surface area (Å²) in [5.41, 5.74) is 11.5. The molecule has 0 saturated heterocycles. The molecule has 0 aliphatic rings. The molecule has 0 amide bonds. The summed E-state index contributed by atoms with van der Waals surface area (Å²) in [7, 11) is 0. The molecule has 0 aromatic heterocycles. The Hall–Kier alpha value is -1.87. The zero-order valence-corrected chi connectivity index (χ0v) is 12.8. The third-order valence-electron chi connectivity index (χ3n) is 3.34. The number of hydrogen-bond acceptors (Lipinski definition) is 2. The first-order valence-electron chi connectivity index (χ1n) is 6.77. The van der Waals surface area contributed by atoms with Gasteiger partial charge >= 0.3 is 0 Å². The van der Waals surface area contributed by atoms with Crippen molar-refractivity contribution in [2.24, 2.45) is 5.73 Å². The summed E-state index contributed by atoms with van der Waals surface area (Å²) >= 11 is 5.11. The molecule has 0 aliphatic heterocycles. The zero-order chi connectivity index (χ0) is 14.5. The lowest BCUT2D eigenvalue weighted by Crippen LogP contribution is -2.15. The van der Waals surface area contributed by atoms with Gasteiger partial charge in [0.1, 0.15) is 4.99 Å². The van der Waals surface area contributed by atoms with Gasteiger partial charge in [0.05, 0.1) is 0 Å². The first-order valence-corrected chi connectivity index (χ1v) is 7.17. The van der Waals surface area contributed by atoms with Crippen molar-refractivity contribution in [2.45, 2.75) is 20.3 Å². The molecular formula is C17H20N2S. The van der Waals surface area contributed by atoms with Crippen molar-refractivity contribution in [3.05, 3.63) is 64.7 Å². The van der Waals surface area contributed by atoms with Crippen molar-refractivity contribution in [3.8, 4) is 0 Å². The fourth-order valence-corrected chi connectivity index (χ4v) is 2.48. The molecule has 2 aromatic rings. The van der Waals surface area contributed by atoms with Gasteiger partial charge in [0.15, 0.2) is 0 Å². The highest BCUT2D eigenvalue weighted by Crippen LogP contribution is 2.20. The van der Waals surface area contributed by atoms with Crippen LogP contribution in [0, 0.1) is 13.8 Å². The second kappa shape index (κ2) is 6.53. The molecular weight excluding hydrogens is 264 g/mol. The maximum atomic E-state index is 5.78. The maximum Gasteiger partial charge on any atom is 0.106 e. The minimum atomic E-state index is 0.437. The van der Waals surface area contributed by atoms with Gasteiger partial charge in [0, 0.05) is 17.8 Å². The molecule has 20 heavy (non-hydrogen) atoms. The van der Waals surface area contributed by atoms with E-state index in [9.17, 15) is 0 Å². The molecule has 0 bridgehead atoms. The van der Waals surface area contributed by atoms with E-state index in [4.69, 9.17) is 18.0 Å². The first kappa shape index (κ1) is 14.5. The molecule has 0 spiro atoms. The van der Waals surface area contributed by atoms with Crippen LogP contribution < -0.4 is 11.1 Å². The number of thiocarbonyl (C=S) groups is 1.